The highest BCUT2D eigenvalue weighted by atomic mass is 16.3. The van der Waals surface area contributed by atoms with Crippen molar-refractivity contribution in [3.8, 4) is 17.2 Å². The second-order valence-electron chi connectivity index (χ2n) is 2.99. The Labute approximate surface area is 92.4 Å². The summed E-state index contributed by atoms with van der Waals surface area (Å²) in [7, 11) is 0. The molecule has 86 valence electrons. The molecule has 0 bridgehead atoms. The molecule has 1 heterocycles. The van der Waals surface area contributed by atoms with Crippen LogP contribution in [-0.2, 0) is 6.54 Å². The zero-order chi connectivity index (χ0) is 12.0. The highest BCUT2D eigenvalue weighted by molar-refractivity contribution is 5.39. The van der Waals surface area contributed by atoms with Crippen LogP contribution in [0.1, 0.15) is 5.76 Å². The number of furan rings is 1. The fraction of sp³-hybridized carbons (Fsp3) is 0.0909. The van der Waals surface area contributed by atoms with E-state index in [1.54, 1.807) is 6.26 Å². The first kappa shape index (κ1) is 11.9. The van der Waals surface area contributed by atoms with Gasteiger partial charge in [-0.2, -0.15) is 0 Å². The van der Waals surface area contributed by atoms with Gasteiger partial charge in [0.25, 0.3) is 0 Å². The van der Waals surface area contributed by atoms with E-state index >= 15 is 0 Å². The van der Waals surface area contributed by atoms with Gasteiger partial charge in [-0.25, -0.2) is 0 Å². The number of hydrogen-bond acceptors (Lipinski definition) is 5. The van der Waals surface area contributed by atoms with Crippen molar-refractivity contribution in [2.45, 2.75) is 6.54 Å². The van der Waals surface area contributed by atoms with Crippen LogP contribution in [-0.4, -0.2) is 15.3 Å². The topological polar surface area (TPSA) is 99.9 Å². The molecule has 0 spiro atoms. The smallest absolute Gasteiger partial charge is 0.122 e. The van der Waals surface area contributed by atoms with Crippen molar-refractivity contribution >= 4 is 0 Å². The van der Waals surface area contributed by atoms with Crippen molar-refractivity contribution < 1.29 is 19.7 Å². The number of phenols is 3. The van der Waals surface area contributed by atoms with Crippen LogP contribution in [0.3, 0.4) is 0 Å². The second kappa shape index (κ2) is 5.67. The first-order valence-corrected chi connectivity index (χ1v) is 4.56. The molecular formula is C11H13NO4. The lowest BCUT2D eigenvalue weighted by Crippen LogP contribution is -1.92. The molecule has 2 aromatic rings. The summed E-state index contributed by atoms with van der Waals surface area (Å²) in [4.78, 5) is 0. The Balaban J connectivity index is 0.000000165. The van der Waals surface area contributed by atoms with E-state index in [1.165, 1.54) is 0 Å². The van der Waals surface area contributed by atoms with Crippen molar-refractivity contribution in [2.24, 2.45) is 5.73 Å². The summed E-state index contributed by atoms with van der Waals surface area (Å²) in [6.07, 6.45) is 1.61. The van der Waals surface area contributed by atoms with Gasteiger partial charge in [-0.05, 0) is 12.1 Å². The maximum absolute atomic E-state index is 8.67. The van der Waals surface area contributed by atoms with Gasteiger partial charge < -0.3 is 25.5 Å². The number of aromatic hydroxyl groups is 3. The van der Waals surface area contributed by atoms with E-state index in [1.807, 2.05) is 12.1 Å². The number of nitrogens with two attached hydrogens (primary N) is 1. The minimum atomic E-state index is -0.146. The molecule has 0 saturated heterocycles. The first-order chi connectivity index (χ1) is 7.61. The predicted octanol–water partition coefficient (Wildman–Crippen LogP) is 1.54. The summed E-state index contributed by atoms with van der Waals surface area (Å²) in [5, 5.41) is 26.0. The molecule has 0 aliphatic heterocycles. The average Bonchev–Trinajstić information content (AvgIpc) is 2.68. The van der Waals surface area contributed by atoms with Crippen LogP contribution < -0.4 is 5.73 Å². The summed E-state index contributed by atoms with van der Waals surface area (Å²) >= 11 is 0. The van der Waals surface area contributed by atoms with Crippen molar-refractivity contribution in [1.82, 2.24) is 0 Å². The molecule has 0 aliphatic carbocycles. The SMILES string of the molecule is NCc1ccco1.Oc1cc(O)cc(O)c1. The minimum Gasteiger partial charge on any atom is -0.508 e. The maximum Gasteiger partial charge on any atom is 0.122 e. The minimum absolute atomic E-state index is 0.146. The molecule has 0 saturated carbocycles. The van der Waals surface area contributed by atoms with Crippen LogP contribution in [0.25, 0.3) is 0 Å². The molecule has 16 heavy (non-hydrogen) atoms. The normalized spacial score (nSPS) is 9.31. The monoisotopic (exact) mass is 223 g/mol. The molecule has 0 fully saturated rings. The Hall–Kier alpha value is -2.14. The van der Waals surface area contributed by atoms with Crippen LogP contribution in [0, 0.1) is 0 Å². The molecule has 1 aromatic heterocycles. The first-order valence-electron chi connectivity index (χ1n) is 4.56. The van der Waals surface area contributed by atoms with Gasteiger partial charge in [0.15, 0.2) is 0 Å². The van der Waals surface area contributed by atoms with Crippen LogP contribution in [0.4, 0.5) is 0 Å². The van der Waals surface area contributed by atoms with E-state index in [0.29, 0.717) is 6.54 Å². The zero-order valence-electron chi connectivity index (χ0n) is 8.50. The standard InChI is InChI=1S/C6H6O3.C5H7NO/c7-4-1-5(8)3-6(9)2-4;6-4-5-2-1-3-7-5/h1-3,7-9H;1-3H,4,6H2. The number of rotatable bonds is 1. The third-order valence-corrected chi connectivity index (χ3v) is 1.67. The van der Waals surface area contributed by atoms with Crippen molar-refractivity contribution in [1.29, 1.82) is 0 Å². The van der Waals surface area contributed by atoms with Crippen LogP contribution in [0.5, 0.6) is 17.2 Å². The van der Waals surface area contributed by atoms with E-state index in [-0.39, 0.29) is 17.2 Å². The lowest BCUT2D eigenvalue weighted by atomic mass is 10.3. The highest BCUT2D eigenvalue weighted by Crippen LogP contribution is 2.23. The average molecular weight is 223 g/mol. The molecule has 2 rings (SSSR count). The molecule has 5 nitrogen and oxygen atoms in total. The van der Waals surface area contributed by atoms with Gasteiger partial charge in [0.05, 0.1) is 12.8 Å². The molecular weight excluding hydrogens is 210 g/mol. The van der Waals surface area contributed by atoms with Crippen LogP contribution >= 0.6 is 0 Å². The molecule has 0 amide bonds. The molecule has 1 aromatic carbocycles. The van der Waals surface area contributed by atoms with Gasteiger partial charge in [0.1, 0.15) is 23.0 Å². The van der Waals surface area contributed by atoms with E-state index in [9.17, 15) is 0 Å². The summed E-state index contributed by atoms with van der Waals surface area (Å²) in [6, 6.07) is 7.08. The fourth-order valence-corrected chi connectivity index (χ4v) is 1.01. The fourth-order valence-electron chi connectivity index (χ4n) is 1.01. The Morgan fingerprint density at radius 2 is 1.50 bits per heavy atom. The van der Waals surface area contributed by atoms with Gasteiger partial charge in [0.2, 0.25) is 0 Å². The molecule has 0 atom stereocenters. The van der Waals surface area contributed by atoms with Gasteiger partial charge in [-0.15, -0.1) is 0 Å². The number of hydrogen-bond donors (Lipinski definition) is 4. The highest BCUT2D eigenvalue weighted by Gasteiger charge is 1.94. The molecule has 5 heteroatoms. The molecule has 0 radical (unpaired) electrons. The van der Waals surface area contributed by atoms with E-state index in [4.69, 9.17) is 25.5 Å². The third kappa shape index (κ3) is 3.93. The molecule has 5 N–H and O–H groups in total. The Morgan fingerprint density at radius 3 is 1.75 bits per heavy atom. The Morgan fingerprint density at radius 1 is 1.00 bits per heavy atom. The van der Waals surface area contributed by atoms with Crippen molar-refractivity contribution in [3.05, 3.63) is 42.4 Å². The molecule has 0 unspecified atom stereocenters. The van der Waals surface area contributed by atoms with Crippen molar-refractivity contribution in [2.75, 3.05) is 0 Å². The largest absolute Gasteiger partial charge is 0.508 e. The maximum atomic E-state index is 8.67. The second-order valence-corrected chi connectivity index (χ2v) is 2.99. The van der Waals surface area contributed by atoms with Gasteiger partial charge >= 0.3 is 0 Å². The Kier molecular flexibility index (Phi) is 4.23. The van der Waals surface area contributed by atoms with Gasteiger partial charge in [0, 0.05) is 18.2 Å². The van der Waals surface area contributed by atoms with E-state index in [0.717, 1.165) is 24.0 Å². The van der Waals surface area contributed by atoms with Gasteiger partial charge in [-0.1, -0.05) is 0 Å². The van der Waals surface area contributed by atoms with Gasteiger partial charge in [-0.3, -0.25) is 0 Å². The summed E-state index contributed by atoms with van der Waals surface area (Å²) in [5.74, 6) is 0.396. The molecule has 0 aliphatic rings. The quantitative estimate of drug-likeness (QED) is 0.587. The number of benzene rings is 1. The van der Waals surface area contributed by atoms with E-state index < -0.39 is 0 Å². The number of phenolic OH excluding ortho intramolecular Hbond substituents is 3. The summed E-state index contributed by atoms with van der Waals surface area (Å²) in [6.45, 7) is 0.493. The lowest BCUT2D eigenvalue weighted by molar-refractivity contribution is 0.428. The lowest BCUT2D eigenvalue weighted by Gasteiger charge is -1.94. The Bertz CT molecular complexity index is 375. The predicted molar refractivity (Wildman–Crippen MR) is 58.0 cm³/mol. The van der Waals surface area contributed by atoms with Crippen LogP contribution in [0.2, 0.25) is 0 Å². The van der Waals surface area contributed by atoms with Crippen molar-refractivity contribution in [3.63, 3.8) is 0 Å². The summed E-state index contributed by atoms with van der Waals surface area (Å²) < 4.78 is 4.86. The zero-order valence-corrected chi connectivity index (χ0v) is 8.50. The third-order valence-electron chi connectivity index (χ3n) is 1.67. The van der Waals surface area contributed by atoms with Crippen LogP contribution in [0.15, 0.2) is 41.0 Å². The summed E-state index contributed by atoms with van der Waals surface area (Å²) in [5.41, 5.74) is 5.20. The van der Waals surface area contributed by atoms with E-state index in [2.05, 4.69) is 0 Å².